The first-order chi connectivity index (χ1) is 15.3. The Hall–Kier alpha value is -4.00. The zero-order valence-electron chi connectivity index (χ0n) is 17.3. The van der Waals surface area contributed by atoms with E-state index < -0.39 is 0 Å². The number of anilines is 3. The van der Waals surface area contributed by atoms with Crippen molar-refractivity contribution in [3.05, 3.63) is 85.2 Å². The van der Waals surface area contributed by atoms with Gasteiger partial charge >= 0.3 is 0 Å². The lowest BCUT2D eigenvalue weighted by molar-refractivity contribution is 0.415. The van der Waals surface area contributed by atoms with Gasteiger partial charge in [0.2, 0.25) is 0 Å². The molecule has 3 heterocycles. The number of nitrogens with one attached hydrogen (secondary N) is 2. The van der Waals surface area contributed by atoms with E-state index in [0.717, 1.165) is 47.8 Å². The molecule has 0 radical (unpaired) electrons. The molecule has 0 saturated heterocycles. The number of methoxy groups -OCH3 is 1. The molecule has 156 valence electrons. The van der Waals surface area contributed by atoms with E-state index in [4.69, 9.17) is 4.74 Å². The Labute approximate surface area is 181 Å². The molecule has 31 heavy (non-hydrogen) atoms. The smallest absolute Gasteiger partial charge is 0.149 e. The zero-order chi connectivity index (χ0) is 21.3. The molecule has 4 aromatic rings. The number of ether oxygens (including phenoxy) is 1. The maximum Gasteiger partial charge on any atom is 0.149 e. The van der Waals surface area contributed by atoms with Gasteiger partial charge in [-0.05, 0) is 60.9 Å². The lowest BCUT2D eigenvalue weighted by Crippen LogP contribution is -2.04. The summed E-state index contributed by atoms with van der Waals surface area (Å²) in [6.07, 6.45) is 12.7. The molecule has 0 aliphatic carbocycles. The minimum atomic E-state index is 0.665. The molecule has 0 amide bonds. The molecule has 0 bridgehead atoms. The van der Waals surface area contributed by atoms with Gasteiger partial charge in [-0.1, -0.05) is 0 Å². The lowest BCUT2D eigenvalue weighted by Gasteiger charge is -2.10. The summed E-state index contributed by atoms with van der Waals surface area (Å²) in [6.45, 7) is 0.859. The van der Waals surface area contributed by atoms with Crippen LogP contribution in [0.5, 0.6) is 5.75 Å². The summed E-state index contributed by atoms with van der Waals surface area (Å²) < 4.78 is 5.19. The molecule has 4 rings (SSSR count). The number of rotatable bonds is 9. The molecule has 3 aromatic heterocycles. The third-order valence-corrected chi connectivity index (χ3v) is 4.75. The van der Waals surface area contributed by atoms with Crippen molar-refractivity contribution in [1.29, 1.82) is 0 Å². The molecule has 2 N–H and O–H groups in total. The third-order valence-electron chi connectivity index (χ3n) is 4.75. The summed E-state index contributed by atoms with van der Waals surface area (Å²) >= 11 is 0. The van der Waals surface area contributed by atoms with Crippen LogP contribution in [0, 0.1) is 0 Å². The Balaban J connectivity index is 1.38. The molecule has 0 fully saturated rings. The third kappa shape index (κ3) is 5.76. The highest BCUT2D eigenvalue weighted by Crippen LogP contribution is 2.23. The average Bonchev–Trinajstić information content (AvgIpc) is 2.83. The second-order valence-electron chi connectivity index (χ2n) is 6.99. The molecule has 0 spiro atoms. The number of aromatic nitrogens is 4. The molecule has 0 unspecified atom stereocenters. The summed E-state index contributed by atoms with van der Waals surface area (Å²) in [4.78, 5) is 17.4. The monoisotopic (exact) mass is 412 g/mol. The van der Waals surface area contributed by atoms with Crippen LogP contribution < -0.4 is 15.4 Å². The quantitative estimate of drug-likeness (QED) is 0.384. The Morgan fingerprint density at radius 1 is 0.839 bits per heavy atom. The van der Waals surface area contributed by atoms with E-state index >= 15 is 0 Å². The van der Waals surface area contributed by atoms with Gasteiger partial charge in [0.05, 0.1) is 30.9 Å². The summed E-state index contributed by atoms with van der Waals surface area (Å²) in [5, 5.41) is 6.70. The summed E-state index contributed by atoms with van der Waals surface area (Å²) in [5.41, 5.74) is 4.83. The van der Waals surface area contributed by atoms with Crippen molar-refractivity contribution in [2.24, 2.45) is 0 Å². The number of pyridine rings is 2. The topological polar surface area (TPSA) is 84.9 Å². The predicted octanol–water partition coefficient (Wildman–Crippen LogP) is 4.73. The van der Waals surface area contributed by atoms with Gasteiger partial charge in [-0.15, -0.1) is 0 Å². The van der Waals surface area contributed by atoms with E-state index in [1.54, 1.807) is 25.7 Å². The predicted molar refractivity (Wildman–Crippen MR) is 123 cm³/mol. The molecule has 0 aliphatic rings. The SMILES string of the molecule is COc1ccc(Nc2cncc(-c3cncc(NCCCc4ccncc4)c3)n2)cc1. The fourth-order valence-corrected chi connectivity index (χ4v) is 3.14. The van der Waals surface area contributed by atoms with Crippen LogP contribution in [0.2, 0.25) is 0 Å². The summed E-state index contributed by atoms with van der Waals surface area (Å²) in [5.74, 6) is 1.47. The Kier molecular flexibility index (Phi) is 6.64. The number of aryl methyl sites for hydroxylation is 1. The first-order valence-electron chi connectivity index (χ1n) is 10.1. The highest BCUT2D eigenvalue weighted by molar-refractivity contribution is 5.65. The molecular weight excluding hydrogens is 388 g/mol. The second kappa shape index (κ2) is 10.2. The van der Waals surface area contributed by atoms with E-state index in [-0.39, 0.29) is 0 Å². The van der Waals surface area contributed by atoms with Crippen LogP contribution in [-0.4, -0.2) is 33.6 Å². The van der Waals surface area contributed by atoms with Crippen LogP contribution >= 0.6 is 0 Å². The van der Waals surface area contributed by atoms with Crippen LogP contribution in [0.3, 0.4) is 0 Å². The maximum atomic E-state index is 5.19. The van der Waals surface area contributed by atoms with Gasteiger partial charge < -0.3 is 15.4 Å². The van der Waals surface area contributed by atoms with Gasteiger partial charge in [-0.25, -0.2) is 4.98 Å². The van der Waals surface area contributed by atoms with Gasteiger partial charge in [-0.3, -0.25) is 15.0 Å². The molecule has 1 aromatic carbocycles. The van der Waals surface area contributed by atoms with Crippen LogP contribution in [-0.2, 0) is 6.42 Å². The zero-order valence-corrected chi connectivity index (χ0v) is 17.3. The van der Waals surface area contributed by atoms with E-state index in [1.165, 1.54) is 5.56 Å². The van der Waals surface area contributed by atoms with Gasteiger partial charge in [0.1, 0.15) is 11.6 Å². The average molecular weight is 412 g/mol. The van der Waals surface area contributed by atoms with Crippen molar-refractivity contribution >= 4 is 17.2 Å². The highest BCUT2D eigenvalue weighted by Gasteiger charge is 2.05. The van der Waals surface area contributed by atoms with E-state index in [1.807, 2.05) is 61.1 Å². The molecule has 7 heteroatoms. The number of hydrogen-bond acceptors (Lipinski definition) is 7. The van der Waals surface area contributed by atoms with Crippen molar-refractivity contribution in [1.82, 2.24) is 19.9 Å². The van der Waals surface area contributed by atoms with Crippen LogP contribution in [0.1, 0.15) is 12.0 Å². The molecular formula is C24H24N6O. The Bertz CT molecular complexity index is 1100. The van der Waals surface area contributed by atoms with Gasteiger partial charge in [-0.2, -0.15) is 0 Å². The van der Waals surface area contributed by atoms with Crippen LogP contribution in [0.25, 0.3) is 11.3 Å². The molecule has 0 aliphatic heterocycles. The maximum absolute atomic E-state index is 5.19. The summed E-state index contributed by atoms with van der Waals surface area (Å²) in [7, 11) is 1.65. The van der Waals surface area contributed by atoms with Crippen molar-refractivity contribution in [3.63, 3.8) is 0 Å². The molecule has 0 saturated carbocycles. The Morgan fingerprint density at radius 2 is 1.65 bits per heavy atom. The minimum absolute atomic E-state index is 0.665. The van der Waals surface area contributed by atoms with Crippen LogP contribution in [0.4, 0.5) is 17.2 Å². The molecule has 7 nitrogen and oxygen atoms in total. The van der Waals surface area contributed by atoms with Gasteiger partial charge in [0, 0.05) is 42.6 Å². The number of nitrogens with zero attached hydrogens (tertiary/aromatic N) is 4. The fourth-order valence-electron chi connectivity index (χ4n) is 3.14. The number of hydrogen-bond donors (Lipinski definition) is 2. The van der Waals surface area contributed by atoms with Gasteiger partial charge in [0.15, 0.2) is 0 Å². The van der Waals surface area contributed by atoms with Crippen LogP contribution in [0.15, 0.2) is 79.6 Å². The minimum Gasteiger partial charge on any atom is -0.497 e. The summed E-state index contributed by atoms with van der Waals surface area (Å²) in [6, 6.07) is 13.8. The van der Waals surface area contributed by atoms with E-state index in [9.17, 15) is 0 Å². The van der Waals surface area contributed by atoms with E-state index in [0.29, 0.717) is 5.82 Å². The largest absolute Gasteiger partial charge is 0.497 e. The van der Waals surface area contributed by atoms with E-state index in [2.05, 4.69) is 30.6 Å². The van der Waals surface area contributed by atoms with Crippen molar-refractivity contribution < 1.29 is 4.74 Å². The second-order valence-corrected chi connectivity index (χ2v) is 6.99. The fraction of sp³-hybridized carbons (Fsp3) is 0.167. The lowest BCUT2D eigenvalue weighted by atomic mass is 10.1. The first-order valence-corrected chi connectivity index (χ1v) is 10.1. The molecule has 0 atom stereocenters. The van der Waals surface area contributed by atoms with Gasteiger partial charge in [0.25, 0.3) is 0 Å². The first kappa shape index (κ1) is 20.3. The number of benzene rings is 1. The van der Waals surface area contributed by atoms with Crippen molar-refractivity contribution in [3.8, 4) is 17.0 Å². The highest BCUT2D eigenvalue weighted by atomic mass is 16.5. The van der Waals surface area contributed by atoms with Crippen molar-refractivity contribution in [2.45, 2.75) is 12.8 Å². The van der Waals surface area contributed by atoms with Crippen molar-refractivity contribution in [2.75, 3.05) is 24.3 Å². The Morgan fingerprint density at radius 3 is 2.45 bits per heavy atom. The normalized spacial score (nSPS) is 10.5. The standard InChI is InChI=1S/C24H24N6O/c1-31-22-6-4-20(5-7-22)29-24-17-27-16-23(30-24)19-13-21(15-26-14-19)28-10-2-3-18-8-11-25-12-9-18/h4-9,11-17,28H,2-3,10H2,1H3,(H,29,30).